The van der Waals surface area contributed by atoms with Crippen LogP contribution in [-0.2, 0) is 6.42 Å². The number of fused-ring (bicyclic) bond motifs is 1. The molecule has 2 saturated heterocycles. The maximum Gasteiger partial charge on any atom is 0.0367 e. The molecule has 2 fully saturated rings. The number of aryl methyl sites for hydroxylation is 1. The normalized spacial score (nSPS) is 19.9. The summed E-state index contributed by atoms with van der Waals surface area (Å²) < 4.78 is 0. The van der Waals surface area contributed by atoms with Crippen LogP contribution in [0.3, 0.4) is 0 Å². The maximum absolute atomic E-state index is 3.60. The van der Waals surface area contributed by atoms with E-state index in [0.717, 1.165) is 12.8 Å². The van der Waals surface area contributed by atoms with E-state index in [1.54, 1.807) is 0 Å². The average Bonchev–Trinajstić information content (AvgIpc) is 3.03. The third kappa shape index (κ3) is 3.57. The zero-order chi connectivity index (χ0) is 21.4. The predicted octanol–water partition coefficient (Wildman–Crippen LogP) is 6.17. The molecule has 0 radical (unpaired) electrons. The topological polar surface area (TPSA) is 15.3 Å². The number of allylic oxidation sites excluding steroid dienone is 1. The summed E-state index contributed by atoms with van der Waals surface area (Å²) in [5, 5.41) is 3.60. The first-order valence-electron chi connectivity index (χ1n) is 12.2. The van der Waals surface area contributed by atoms with Crippen LogP contribution in [0.1, 0.15) is 47.9 Å². The van der Waals surface area contributed by atoms with Crippen LogP contribution < -0.4 is 10.2 Å². The first kappa shape index (κ1) is 19.8. The fraction of sp³-hybridized carbons (Fsp3) is 0.333. The lowest BCUT2D eigenvalue weighted by Gasteiger charge is -2.53. The van der Waals surface area contributed by atoms with E-state index < -0.39 is 0 Å². The Balaban J connectivity index is 1.36. The van der Waals surface area contributed by atoms with Crippen LogP contribution >= 0.6 is 0 Å². The van der Waals surface area contributed by atoms with Crippen molar-refractivity contribution in [3.05, 3.63) is 101 Å². The summed E-state index contributed by atoms with van der Waals surface area (Å²) in [5.41, 5.74) is 10.4. The van der Waals surface area contributed by atoms with Crippen molar-refractivity contribution in [1.29, 1.82) is 0 Å². The van der Waals surface area contributed by atoms with Gasteiger partial charge in [0.25, 0.3) is 0 Å². The first-order valence-corrected chi connectivity index (χ1v) is 12.2. The fourth-order valence-corrected chi connectivity index (χ4v) is 6.07. The SMILES string of the molecule is c1ccc(C2=C(c3ccc(N4CC5(CCCNC5)C4)cc3)c3ccccc3CCC2)cc1. The number of anilines is 1. The third-order valence-corrected chi connectivity index (χ3v) is 7.72. The van der Waals surface area contributed by atoms with Gasteiger partial charge in [0.1, 0.15) is 0 Å². The van der Waals surface area contributed by atoms with E-state index in [-0.39, 0.29) is 0 Å². The summed E-state index contributed by atoms with van der Waals surface area (Å²) in [4.78, 5) is 2.56. The van der Waals surface area contributed by atoms with E-state index in [9.17, 15) is 0 Å². The van der Waals surface area contributed by atoms with Crippen LogP contribution in [0, 0.1) is 5.41 Å². The van der Waals surface area contributed by atoms with Gasteiger partial charge in [-0.3, -0.25) is 0 Å². The Morgan fingerprint density at radius 2 is 1.50 bits per heavy atom. The second-order valence-corrected chi connectivity index (χ2v) is 9.91. The molecule has 6 rings (SSSR count). The lowest BCUT2D eigenvalue weighted by Crippen LogP contribution is -2.62. The summed E-state index contributed by atoms with van der Waals surface area (Å²) in [6, 6.07) is 29.4. The molecule has 1 N–H and O–H groups in total. The molecular weight excluding hydrogens is 388 g/mol. The van der Waals surface area contributed by atoms with E-state index in [1.807, 2.05) is 0 Å². The molecule has 0 amide bonds. The summed E-state index contributed by atoms with van der Waals surface area (Å²) in [7, 11) is 0. The maximum atomic E-state index is 3.60. The van der Waals surface area contributed by atoms with Gasteiger partial charge in [0.15, 0.2) is 0 Å². The molecule has 0 bridgehead atoms. The molecule has 3 aliphatic rings. The molecule has 0 unspecified atom stereocenters. The molecule has 0 atom stereocenters. The molecule has 162 valence electrons. The Morgan fingerprint density at radius 1 is 0.719 bits per heavy atom. The van der Waals surface area contributed by atoms with Crippen molar-refractivity contribution in [1.82, 2.24) is 5.32 Å². The van der Waals surface area contributed by atoms with Crippen molar-refractivity contribution in [3.63, 3.8) is 0 Å². The van der Waals surface area contributed by atoms with Crippen LogP contribution in [0.25, 0.3) is 11.1 Å². The van der Waals surface area contributed by atoms with Gasteiger partial charge in [0, 0.05) is 30.7 Å². The monoisotopic (exact) mass is 420 g/mol. The summed E-state index contributed by atoms with van der Waals surface area (Å²) in [6.07, 6.45) is 6.17. The molecule has 32 heavy (non-hydrogen) atoms. The minimum Gasteiger partial charge on any atom is -0.370 e. The second-order valence-electron chi connectivity index (χ2n) is 9.91. The number of hydrogen-bond donors (Lipinski definition) is 1. The Morgan fingerprint density at radius 3 is 2.28 bits per heavy atom. The smallest absolute Gasteiger partial charge is 0.0367 e. The van der Waals surface area contributed by atoms with Crippen LogP contribution in [0.4, 0.5) is 5.69 Å². The van der Waals surface area contributed by atoms with Gasteiger partial charge in [-0.05, 0) is 84.2 Å². The number of nitrogens with zero attached hydrogens (tertiary/aromatic N) is 1. The molecule has 0 aromatic heterocycles. The van der Waals surface area contributed by atoms with Gasteiger partial charge in [-0.25, -0.2) is 0 Å². The van der Waals surface area contributed by atoms with Crippen molar-refractivity contribution in [2.75, 3.05) is 31.1 Å². The van der Waals surface area contributed by atoms with E-state index >= 15 is 0 Å². The van der Waals surface area contributed by atoms with Gasteiger partial charge in [0.05, 0.1) is 0 Å². The minimum absolute atomic E-state index is 0.514. The van der Waals surface area contributed by atoms with Crippen LogP contribution in [-0.4, -0.2) is 26.2 Å². The number of benzene rings is 3. The Hall–Kier alpha value is -2.84. The first-order chi connectivity index (χ1) is 15.8. The lowest BCUT2D eigenvalue weighted by atomic mass is 9.74. The average molecular weight is 421 g/mol. The molecular formula is C30H32N2. The highest BCUT2D eigenvalue weighted by molar-refractivity contribution is 6.00. The van der Waals surface area contributed by atoms with Crippen molar-refractivity contribution in [2.24, 2.45) is 5.41 Å². The number of piperidine rings is 1. The Kier molecular flexibility index (Phi) is 5.11. The number of rotatable bonds is 3. The molecule has 2 heteroatoms. The Labute approximate surface area is 192 Å². The van der Waals surface area contributed by atoms with E-state index in [0.29, 0.717) is 5.41 Å². The largest absolute Gasteiger partial charge is 0.370 e. The fourth-order valence-electron chi connectivity index (χ4n) is 6.07. The van der Waals surface area contributed by atoms with Gasteiger partial charge >= 0.3 is 0 Å². The standard InChI is InChI=1S/C30H32N2/c1-2-8-23(9-3-1)28-13-6-11-24-10-4-5-12-27(24)29(28)25-14-16-26(17-15-25)32-21-30(22-32)18-7-19-31-20-30/h1-5,8-10,12,14-17,31H,6-7,11,13,18-22H2. The van der Waals surface area contributed by atoms with Crippen LogP contribution in [0.5, 0.6) is 0 Å². The quantitative estimate of drug-likeness (QED) is 0.545. The summed E-state index contributed by atoms with van der Waals surface area (Å²) in [6.45, 7) is 4.77. The van der Waals surface area contributed by atoms with E-state index in [1.165, 1.54) is 84.5 Å². The Bertz CT molecular complexity index is 1110. The molecule has 3 aromatic carbocycles. The third-order valence-electron chi connectivity index (χ3n) is 7.72. The van der Waals surface area contributed by atoms with E-state index in [4.69, 9.17) is 0 Å². The summed E-state index contributed by atoms with van der Waals surface area (Å²) in [5.74, 6) is 0. The molecule has 2 nitrogen and oxygen atoms in total. The molecule has 1 aliphatic carbocycles. The highest BCUT2D eigenvalue weighted by Crippen LogP contribution is 2.42. The zero-order valence-electron chi connectivity index (χ0n) is 18.8. The molecule has 2 heterocycles. The zero-order valence-corrected chi connectivity index (χ0v) is 18.8. The number of hydrogen-bond acceptors (Lipinski definition) is 2. The van der Waals surface area contributed by atoms with Crippen molar-refractivity contribution in [2.45, 2.75) is 32.1 Å². The molecule has 2 aliphatic heterocycles. The van der Waals surface area contributed by atoms with Crippen molar-refractivity contribution < 1.29 is 0 Å². The number of nitrogens with one attached hydrogen (secondary N) is 1. The van der Waals surface area contributed by atoms with Gasteiger partial charge in [-0.2, -0.15) is 0 Å². The second kappa shape index (κ2) is 8.26. The predicted molar refractivity (Wildman–Crippen MR) is 135 cm³/mol. The highest BCUT2D eigenvalue weighted by Gasteiger charge is 2.43. The minimum atomic E-state index is 0.514. The molecule has 0 saturated carbocycles. The van der Waals surface area contributed by atoms with Crippen molar-refractivity contribution in [3.8, 4) is 0 Å². The van der Waals surface area contributed by atoms with Crippen LogP contribution in [0.15, 0.2) is 78.9 Å². The highest BCUT2D eigenvalue weighted by atomic mass is 15.2. The van der Waals surface area contributed by atoms with E-state index in [2.05, 4.69) is 89.1 Å². The summed E-state index contributed by atoms with van der Waals surface area (Å²) >= 11 is 0. The molecule has 3 aromatic rings. The lowest BCUT2D eigenvalue weighted by molar-refractivity contribution is 0.157. The van der Waals surface area contributed by atoms with Gasteiger partial charge in [-0.15, -0.1) is 0 Å². The van der Waals surface area contributed by atoms with Crippen LogP contribution in [0.2, 0.25) is 0 Å². The van der Waals surface area contributed by atoms with Gasteiger partial charge in [-0.1, -0.05) is 66.7 Å². The molecule has 1 spiro atoms. The van der Waals surface area contributed by atoms with Gasteiger partial charge in [0.2, 0.25) is 0 Å². The van der Waals surface area contributed by atoms with Gasteiger partial charge < -0.3 is 10.2 Å². The van der Waals surface area contributed by atoms with Crippen molar-refractivity contribution >= 4 is 16.8 Å².